The fraction of sp³-hybridized carbons (Fsp3) is 0.167. The molecule has 0 atom stereocenters. The number of carbonyl (C=O) groups is 2. The van der Waals surface area contributed by atoms with Gasteiger partial charge in [0.2, 0.25) is 5.91 Å². The lowest BCUT2D eigenvalue weighted by Crippen LogP contribution is -2.28. The zero-order valence-corrected chi connectivity index (χ0v) is 18.6. The van der Waals surface area contributed by atoms with Crippen molar-refractivity contribution in [2.24, 2.45) is 0 Å². The van der Waals surface area contributed by atoms with Crippen molar-refractivity contribution in [3.05, 3.63) is 83.5 Å². The van der Waals surface area contributed by atoms with E-state index in [0.717, 1.165) is 22.5 Å². The number of aromatic nitrogens is 3. The van der Waals surface area contributed by atoms with Gasteiger partial charge < -0.3 is 10.6 Å². The normalized spacial score (nSPS) is 13.2. The summed E-state index contributed by atoms with van der Waals surface area (Å²) < 4.78 is 1.83. The van der Waals surface area contributed by atoms with Gasteiger partial charge >= 0.3 is 6.03 Å². The summed E-state index contributed by atoms with van der Waals surface area (Å²) in [6, 6.07) is 19.7. The number of hydrogen-bond acceptors (Lipinski definition) is 5. The van der Waals surface area contributed by atoms with Crippen LogP contribution >= 0.6 is 11.3 Å². The molecule has 0 aliphatic carbocycles. The van der Waals surface area contributed by atoms with Crippen molar-refractivity contribution >= 4 is 28.4 Å². The second kappa shape index (κ2) is 9.25. The molecule has 3 heterocycles. The highest BCUT2D eigenvalue weighted by molar-refractivity contribution is 7.14. The lowest BCUT2D eigenvalue weighted by atomic mass is 10.1. The first-order valence-corrected chi connectivity index (χ1v) is 11.5. The van der Waals surface area contributed by atoms with Crippen LogP contribution < -0.4 is 15.5 Å². The molecule has 0 radical (unpaired) electrons. The van der Waals surface area contributed by atoms with E-state index in [0.29, 0.717) is 30.5 Å². The Morgan fingerprint density at radius 2 is 1.85 bits per heavy atom. The summed E-state index contributed by atoms with van der Waals surface area (Å²) in [5.74, 6) is -0.135. The summed E-state index contributed by atoms with van der Waals surface area (Å²) in [4.78, 5) is 30.5. The van der Waals surface area contributed by atoms with Crippen molar-refractivity contribution in [2.45, 2.75) is 13.0 Å². The molecule has 9 heteroatoms. The van der Waals surface area contributed by atoms with E-state index in [9.17, 15) is 9.59 Å². The van der Waals surface area contributed by atoms with Crippen LogP contribution in [-0.4, -0.2) is 39.8 Å². The van der Waals surface area contributed by atoms with Gasteiger partial charge in [-0.05, 0) is 12.1 Å². The maximum Gasteiger partial charge on any atom is 0.323 e. The van der Waals surface area contributed by atoms with Crippen molar-refractivity contribution in [3.8, 4) is 16.9 Å². The summed E-state index contributed by atoms with van der Waals surface area (Å²) in [7, 11) is 0. The van der Waals surface area contributed by atoms with E-state index in [2.05, 4.69) is 15.6 Å². The quantitative estimate of drug-likeness (QED) is 0.444. The molecule has 8 nitrogen and oxygen atoms in total. The summed E-state index contributed by atoms with van der Waals surface area (Å²) in [5.41, 5.74) is 4.34. The Bertz CT molecular complexity index is 1270. The van der Waals surface area contributed by atoms with Gasteiger partial charge in [0.1, 0.15) is 0 Å². The monoisotopic (exact) mass is 458 g/mol. The number of benzene rings is 2. The second-order valence-corrected chi connectivity index (χ2v) is 8.44. The van der Waals surface area contributed by atoms with E-state index in [1.165, 1.54) is 11.3 Å². The van der Waals surface area contributed by atoms with Crippen LogP contribution in [-0.2, 0) is 17.8 Å². The Morgan fingerprint density at radius 1 is 1.09 bits per heavy atom. The van der Waals surface area contributed by atoms with E-state index in [-0.39, 0.29) is 18.4 Å². The standard InChI is InChI=1S/C24H22N6O2S/c31-21(13-19-16-33-24(27-19)29-12-11-25-23(29)32)26-14-18-15-30(20-9-5-2-6-10-20)28-22(18)17-7-3-1-4-8-17/h1-10,15-16H,11-14H2,(H,25,32)(H,26,31). The molecule has 2 aromatic heterocycles. The molecule has 0 saturated carbocycles. The number of urea groups is 1. The molecule has 3 amide bonds. The maximum atomic E-state index is 12.6. The third-order valence-electron chi connectivity index (χ3n) is 5.30. The number of para-hydroxylation sites is 1. The number of anilines is 1. The maximum absolute atomic E-state index is 12.6. The van der Waals surface area contributed by atoms with Crippen LogP contribution in [0.2, 0.25) is 0 Å². The van der Waals surface area contributed by atoms with Gasteiger partial charge in [-0.25, -0.2) is 14.5 Å². The molecular weight excluding hydrogens is 436 g/mol. The van der Waals surface area contributed by atoms with Crippen LogP contribution in [0.4, 0.5) is 9.93 Å². The van der Waals surface area contributed by atoms with Crippen LogP contribution in [0.3, 0.4) is 0 Å². The van der Waals surface area contributed by atoms with E-state index >= 15 is 0 Å². The zero-order chi connectivity index (χ0) is 22.6. The Hall–Kier alpha value is -3.98. The molecule has 2 aromatic carbocycles. The number of rotatable bonds is 7. The van der Waals surface area contributed by atoms with E-state index in [4.69, 9.17) is 5.10 Å². The molecule has 33 heavy (non-hydrogen) atoms. The Morgan fingerprint density at radius 3 is 2.58 bits per heavy atom. The Kier molecular flexibility index (Phi) is 5.86. The predicted molar refractivity (Wildman–Crippen MR) is 127 cm³/mol. The average Bonchev–Trinajstić information content (AvgIpc) is 3.58. The molecule has 4 aromatic rings. The van der Waals surface area contributed by atoms with Gasteiger partial charge in [0.25, 0.3) is 0 Å². The highest BCUT2D eigenvalue weighted by atomic mass is 32.1. The van der Waals surface area contributed by atoms with Crippen molar-refractivity contribution in [3.63, 3.8) is 0 Å². The number of thiazole rings is 1. The SMILES string of the molecule is O=C(Cc1csc(N2CCNC2=O)n1)NCc1cn(-c2ccccc2)nc1-c1ccccc1. The topological polar surface area (TPSA) is 92.1 Å². The summed E-state index contributed by atoms with van der Waals surface area (Å²) in [6.07, 6.45) is 2.10. The number of hydrogen-bond donors (Lipinski definition) is 2. The molecule has 1 fully saturated rings. The number of nitrogens with one attached hydrogen (secondary N) is 2. The Balaban J connectivity index is 1.30. The third-order valence-corrected chi connectivity index (χ3v) is 6.22. The molecule has 5 rings (SSSR count). The first kappa shape index (κ1) is 20.9. The number of nitrogens with zero attached hydrogens (tertiary/aromatic N) is 4. The average molecular weight is 459 g/mol. The fourth-order valence-electron chi connectivity index (χ4n) is 3.67. The van der Waals surface area contributed by atoms with Gasteiger partial charge in [-0.15, -0.1) is 11.3 Å². The molecule has 0 unspecified atom stereocenters. The zero-order valence-electron chi connectivity index (χ0n) is 17.8. The van der Waals surface area contributed by atoms with Crippen LogP contribution in [0.15, 0.2) is 72.2 Å². The van der Waals surface area contributed by atoms with E-state index < -0.39 is 0 Å². The summed E-state index contributed by atoms with van der Waals surface area (Å²) in [6.45, 7) is 1.54. The molecule has 1 aliphatic rings. The molecule has 2 N–H and O–H groups in total. The van der Waals surface area contributed by atoms with Gasteiger partial charge in [-0.3, -0.25) is 9.69 Å². The van der Waals surface area contributed by atoms with Crippen molar-refractivity contribution in [2.75, 3.05) is 18.0 Å². The Labute approximate surface area is 194 Å². The fourth-order valence-corrected chi connectivity index (χ4v) is 4.52. The van der Waals surface area contributed by atoms with Crippen molar-refractivity contribution in [1.82, 2.24) is 25.4 Å². The van der Waals surface area contributed by atoms with Crippen LogP contribution in [0.5, 0.6) is 0 Å². The minimum absolute atomic E-state index is 0.135. The van der Waals surface area contributed by atoms with E-state index in [1.807, 2.05) is 76.9 Å². The van der Waals surface area contributed by atoms with Crippen LogP contribution in [0.25, 0.3) is 16.9 Å². The minimum atomic E-state index is -0.149. The number of carbonyl (C=O) groups excluding carboxylic acids is 2. The van der Waals surface area contributed by atoms with Gasteiger partial charge in [0, 0.05) is 42.3 Å². The third kappa shape index (κ3) is 4.63. The van der Waals surface area contributed by atoms with Crippen molar-refractivity contribution in [1.29, 1.82) is 0 Å². The second-order valence-electron chi connectivity index (χ2n) is 7.61. The van der Waals surface area contributed by atoms with Crippen LogP contribution in [0, 0.1) is 0 Å². The van der Waals surface area contributed by atoms with Crippen LogP contribution in [0.1, 0.15) is 11.3 Å². The predicted octanol–water partition coefficient (Wildman–Crippen LogP) is 3.38. The number of amides is 3. The largest absolute Gasteiger partial charge is 0.352 e. The first-order chi connectivity index (χ1) is 16.2. The molecule has 166 valence electrons. The molecule has 0 bridgehead atoms. The molecular formula is C24H22N6O2S. The highest BCUT2D eigenvalue weighted by Crippen LogP contribution is 2.24. The van der Waals surface area contributed by atoms with Gasteiger partial charge in [-0.1, -0.05) is 48.5 Å². The lowest BCUT2D eigenvalue weighted by molar-refractivity contribution is -0.120. The minimum Gasteiger partial charge on any atom is -0.352 e. The first-order valence-electron chi connectivity index (χ1n) is 10.6. The summed E-state index contributed by atoms with van der Waals surface area (Å²) in [5, 5.41) is 13.0. The van der Waals surface area contributed by atoms with E-state index in [1.54, 1.807) is 4.90 Å². The molecule has 0 spiro atoms. The molecule has 1 saturated heterocycles. The highest BCUT2D eigenvalue weighted by Gasteiger charge is 2.24. The lowest BCUT2D eigenvalue weighted by Gasteiger charge is -2.08. The summed E-state index contributed by atoms with van der Waals surface area (Å²) >= 11 is 1.37. The molecule has 1 aliphatic heterocycles. The van der Waals surface area contributed by atoms with Gasteiger partial charge in [0.15, 0.2) is 5.13 Å². The smallest absolute Gasteiger partial charge is 0.323 e. The van der Waals surface area contributed by atoms with Crippen molar-refractivity contribution < 1.29 is 9.59 Å². The van der Waals surface area contributed by atoms with Gasteiger partial charge in [0.05, 0.1) is 23.5 Å². The van der Waals surface area contributed by atoms with Gasteiger partial charge in [-0.2, -0.15) is 5.10 Å².